The third kappa shape index (κ3) is 1.12. The first-order valence-electron chi connectivity index (χ1n) is 3.20. The summed E-state index contributed by atoms with van der Waals surface area (Å²) in [6.45, 7) is 0.977. The van der Waals surface area contributed by atoms with E-state index in [0.717, 1.165) is 0 Å². The van der Waals surface area contributed by atoms with Gasteiger partial charge in [0.15, 0.2) is 5.60 Å². The van der Waals surface area contributed by atoms with E-state index in [-0.39, 0.29) is 0 Å². The van der Waals surface area contributed by atoms with Crippen LogP contribution in [-0.2, 0) is 9.53 Å². The summed E-state index contributed by atoms with van der Waals surface area (Å²) in [4.78, 5) is 10.8. The first-order valence-corrected chi connectivity index (χ1v) is 3.20. The van der Waals surface area contributed by atoms with Crippen molar-refractivity contribution in [1.29, 1.82) is 0 Å². The van der Waals surface area contributed by atoms with Crippen LogP contribution in [0.2, 0.25) is 0 Å². The van der Waals surface area contributed by atoms with Crippen LogP contribution in [0.4, 0.5) is 0 Å². The van der Waals surface area contributed by atoms with Crippen molar-refractivity contribution in [1.82, 2.24) is 5.32 Å². The summed E-state index contributed by atoms with van der Waals surface area (Å²) >= 11 is 0. The second-order valence-corrected chi connectivity index (χ2v) is 2.45. The highest BCUT2D eigenvalue weighted by Gasteiger charge is 2.39. The Kier molecular flexibility index (Phi) is 1.92. The highest BCUT2D eigenvalue weighted by atomic mass is 16.5. The molecule has 4 nitrogen and oxygen atoms in total. The average molecular weight is 145 g/mol. The molecule has 0 aliphatic carbocycles. The second-order valence-electron chi connectivity index (χ2n) is 2.45. The van der Waals surface area contributed by atoms with E-state index in [1.807, 2.05) is 0 Å². The summed E-state index contributed by atoms with van der Waals surface area (Å²) in [5.74, 6) is -0.544. The summed E-state index contributed by atoms with van der Waals surface area (Å²) in [6, 6.07) is 0. The monoisotopic (exact) mass is 145 g/mol. The van der Waals surface area contributed by atoms with Gasteiger partial charge in [-0.05, 0) is 6.54 Å². The molecular weight excluding hydrogens is 134 g/mol. The smallest absolute Gasteiger partial charge is 0.339 e. The standard InChI is InChI=1S/C6H11NO3/c1-10-5(8)6(9)2-3-7-4-6/h7,9H,2-4H2,1H3/t6-/m0/s1. The molecule has 0 spiro atoms. The second kappa shape index (κ2) is 2.56. The number of aliphatic hydroxyl groups is 1. The molecule has 0 amide bonds. The van der Waals surface area contributed by atoms with Crippen LogP contribution >= 0.6 is 0 Å². The van der Waals surface area contributed by atoms with E-state index < -0.39 is 11.6 Å². The van der Waals surface area contributed by atoms with Gasteiger partial charge in [0.1, 0.15) is 0 Å². The Balaban J connectivity index is 2.58. The Morgan fingerprint density at radius 2 is 2.50 bits per heavy atom. The summed E-state index contributed by atoms with van der Waals surface area (Å²) in [5.41, 5.74) is -1.27. The van der Waals surface area contributed by atoms with Crippen LogP contribution < -0.4 is 5.32 Å². The van der Waals surface area contributed by atoms with Gasteiger partial charge < -0.3 is 15.2 Å². The molecule has 1 aliphatic rings. The topological polar surface area (TPSA) is 58.6 Å². The zero-order valence-corrected chi connectivity index (χ0v) is 5.89. The number of hydrogen-bond acceptors (Lipinski definition) is 4. The quantitative estimate of drug-likeness (QED) is 0.459. The number of methoxy groups -OCH3 is 1. The van der Waals surface area contributed by atoms with Gasteiger partial charge in [-0.1, -0.05) is 0 Å². The molecule has 58 valence electrons. The summed E-state index contributed by atoms with van der Waals surface area (Å²) < 4.78 is 4.41. The lowest BCUT2D eigenvalue weighted by Crippen LogP contribution is -2.41. The van der Waals surface area contributed by atoms with Crippen molar-refractivity contribution < 1.29 is 14.6 Å². The molecule has 0 aromatic rings. The lowest BCUT2D eigenvalue weighted by atomic mass is 10.0. The fourth-order valence-corrected chi connectivity index (χ4v) is 1.04. The maximum absolute atomic E-state index is 10.8. The van der Waals surface area contributed by atoms with E-state index in [0.29, 0.717) is 19.5 Å². The summed E-state index contributed by atoms with van der Waals surface area (Å²) in [7, 11) is 1.28. The predicted octanol–water partition coefficient (Wildman–Crippen LogP) is -1.12. The van der Waals surface area contributed by atoms with Gasteiger partial charge in [-0.25, -0.2) is 4.79 Å². The van der Waals surface area contributed by atoms with Crippen molar-refractivity contribution in [2.75, 3.05) is 20.2 Å². The number of β-amino-alcohol motifs (C(OH)–C–C–N with tert-alkyl or cyclic N) is 1. The lowest BCUT2D eigenvalue weighted by molar-refractivity contribution is -0.160. The van der Waals surface area contributed by atoms with Crippen LogP contribution in [0.3, 0.4) is 0 Å². The minimum absolute atomic E-state index is 0.305. The van der Waals surface area contributed by atoms with Gasteiger partial charge in [0.2, 0.25) is 0 Å². The molecule has 1 fully saturated rings. The molecule has 1 rings (SSSR count). The SMILES string of the molecule is COC(=O)[C@]1(O)CCNC1. The van der Waals surface area contributed by atoms with E-state index in [2.05, 4.69) is 10.1 Å². The van der Waals surface area contributed by atoms with Crippen molar-refractivity contribution in [3.05, 3.63) is 0 Å². The lowest BCUT2D eigenvalue weighted by Gasteiger charge is -2.16. The zero-order chi connectivity index (χ0) is 7.61. The van der Waals surface area contributed by atoms with Crippen LogP contribution in [0.5, 0.6) is 0 Å². The van der Waals surface area contributed by atoms with Gasteiger partial charge in [-0.2, -0.15) is 0 Å². The minimum Gasteiger partial charge on any atom is -0.467 e. The van der Waals surface area contributed by atoms with E-state index in [4.69, 9.17) is 0 Å². The molecule has 1 aliphatic heterocycles. The van der Waals surface area contributed by atoms with Gasteiger partial charge >= 0.3 is 5.97 Å². The van der Waals surface area contributed by atoms with Crippen molar-refractivity contribution in [3.8, 4) is 0 Å². The Labute approximate surface area is 59.2 Å². The molecule has 0 bridgehead atoms. The van der Waals surface area contributed by atoms with Crippen LogP contribution in [0.15, 0.2) is 0 Å². The number of esters is 1. The maximum atomic E-state index is 10.8. The molecule has 0 radical (unpaired) electrons. The van der Waals surface area contributed by atoms with Crippen LogP contribution in [-0.4, -0.2) is 36.9 Å². The van der Waals surface area contributed by atoms with Crippen LogP contribution in [0.1, 0.15) is 6.42 Å². The number of nitrogens with one attached hydrogen (secondary N) is 1. The fourth-order valence-electron chi connectivity index (χ4n) is 1.04. The molecule has 1 heterocycles. The fraction of sp³-hybridized carbons (Fsp3) is 0.833. The van der Waals surface area contributed by atoms with Crippen molar-refractivity contribution >= 4 is 5.97 Å². The molecule has 0 saturated carbocycles. The largest absolute Gasteiger partial charge is 0.467 e. The van der Waals surface area contributed by atoms with Crippen molar-refractivity contribution in [3.63, 3.8) is 0 Å². The Morgan fingerprint density at radius 1 is 1.80 bits per heavy atom. The number of rotatable bonds is 1. The molecule has 4 heteroatoms. The molecule has 1 saturated heterocycles. The molecule has 0 aromatic heterocycles. The van der Waals surface area contributed by atoms with E-state index >= 15 is 0 Å². The summed E-state index contributed by atoms with van der Waals surface area (Å²) in [6.07, 6.45) is 0.444. The third-order valence-electron chi connectivity index (χ3n) is 1.70. The van der Waals surface area contributed by atoms with E-state index in [1.54, 1.807) is 0 Å². The van der Waals surface area contributed by atoms with Gasteiger partial charge in [-0.15, -0.1) is 0 Å². The number of carbonyl (C=O) groups is 1. The predicted molar refractivity (Wildman–Crippen MR) is 34.5 cm³/mol. The Morgan fingerprint density at radius 3 is 2.90 bits per heavy atom. The van der Waals surface area contributed by atoms with Gasteiger partial charge in [0.05, 0.1) is 7.11 Å². The first-order chi connectivity index (χ1) is 4.69. The number of carbonyl (C=O) groups excluding carboxylic acids is 1. The molecule has 0 aromatic carbocycles. The molecular formula is C6H11NO3. The highest BCUT2D eigenvalue weighted by Crippen LogP contribution is 2.14. The normalized spacial score (nSPS) is 32.2. The van der Waals surface area contributed by atoms with Crippen molar-refractivity contribution in [2.45, 2.75) is 12.0 Å². The minimum atomic E-state index is -1.27. The average Bonchev–Trinajstić information content (AvgIpc) is 2.36. The van der Waals surface area contributed by atoms with Gasteiger partial charge in [0, 0.05) is 13.0 Å². The van der Waals surface area contributed by atoms with Crippen LogP contribution in [0, 0.1) is 0 Å². The molecule has 0 unspecified atom stereocenters. The first kappa shape index (κ1) is 7.50. The van der Waals surface area contributed by atoms with Crippen molar-refractivity contribution in [2.24, 2.45) is 0 Å². The number of ether oxygens (including phenoxy) is 1. The van der Waals surface area contributed by atoms with E-state index in [9.17, 15) is 9.90 Å². The number of hydrogen-bond donors (Lipinski definition) is 2. The van der Waals surface area contributed by atoms with Gasteiger partial charge in [-0.3, -0.25) is 0 Å². The Hall–Kier alpha value is -0.610. The summed E-state index contributed by atoms with van der Waals surface area (Å²) in [5, 5.41) is 12.3. The maximum Gasteiger partial charge on any atom is 0.339 e. The third-order valence-corrected chi connectivity index (χ3v) is 1.70. The van der Waals surface area contributed by atoms with Gasteiger partial charge in [0.25, 0.3) is 0 Å². The van der Waals surface area contributed by atoms with E-state index in [1.165, 1.54) is 7.11 Å². The molecule has 2 N–H and O–H groups in total. The zero-order valence-electron chi connectivity index (χ0n) is 5.89. The van der Waals surface area contributed by atoms with Crippen LogP contribution in [0.25, 0.3) is 0 Å². The molecule has 10 heavy (non-hydrogen) atoms. The highest BCUT2D eigenvalue weighted by molar-refractivity contribution is 5.79. The Bertz CT molecular complexity index is 140. The molecule has 1 atom stereocenters.